The van der Waals surface area contributed by atoms with Crippen LogP contribution >= 0.6 is 0 Å². The summed E-state index contributed by atoms with van der Waals surface area (Å²) in [4.78, 5) is 13.9. The van der Waals surface area contributed by atoms with Crippen LogP contribution in [0.4, 0.5) is 13.2 Å². The quantitative estimate of drug-likeness (QED) is 0.847. The van der Waals surface area contributed by atoms with Crippen LogP contribution in [-0.2, 0) is 11.0 Å². The molecule has 0 amide bonds. The smallest absolute Gasteiger partial charge is 0.433 e. The van der Waals surface area contributed by atoms with Gasteiger partial charge in [0.05, 0.1) is 5.69 Å². The Kier molecular flexibility index (Phi) is 4.11. The minimum absolute atomic E-state index is 0.224. The number of carbonyl (C=O) groups is 1. The van der Waals surface area contributed by atoms with E-state index >= 15 is 0 Å². The van der Waals surface area contributed by atoms with Crippen molar-refractivity contribution < 1.29 is 23.1 Å². The first kappa shape index (κ1) is 14.2. The van der Waals surface area contributed by atoms with E-state index in [-0.39, 0.29) is 11.6 Å². The molecule has 1 heterocycles. The van der Waals surface area contributed by atoms with E-state index in [9.17, 15) is 18.0 Å². The van der Waals surface area contributed by atoms with Crippen molar-refractivity contribution in [3.05, 3.63) is 35.2 Å². The number of carboxylic acids is 1. The third kappa shape index (κ3) is 3.58. The number of nitrogens with zero attached hydrogens (tertiary/aromatic N) is 1. The number of aromatic nitrogens is 1. The van der Waals surface area contributed by atoms with Crippen LogP contribution in [0.25, 0.3) is 6.08 Å². The second-order valence-corrected chi connectivity index (χ2v) is 3.99. The molecule has 0 bridgehead atoms. The van der Waals surface area contributed by atoms with Crippen molar-refractivity contribution >= 4 is 12.0 Å². The zero-order valence-corrected chi connectivity index (χ0v) is 9.82. The lowest BCUT2D eigenvalue weighted by Gasteiger charge is -2.12. The molecule has 6 heteroatoms. The summed E-state index contributed by atoms with van der Waals surface area (Å²) in [5, 5.41) is 8.50. The van der Waals surface area contributed by atoms with E-state index in [1.807, 2.05) is 0 Å². The predicted octanol–water partition coefficient (Wildman–Crippen LogP) is 3.32. The van der Waals surface area contributed by atoms with Crippen LogP contribution in [0.5, 0.6) is 0 Å². The molecule has 18 heavy (non-hydrogen) atoms. The van der Waals surface area contributed by atoms with Gasteiger partial charge in [-0.2, -0.15) is 13.2 Å². The topological polar surface area (TPSA) is 50.2 Å². The molecule has 0 aromatic carbocycles. The van der Waals surface area contributed by atoms with Crippen LogP contribution in [0, 0.1) is 0 Å². The first-order valence-electron chi connectivity index (χ1n) is 5.21. The third-order valence-corrected chi connectivity index (χ3v) is 2.20. The van der Waals surface area contributed by atoms with Gasteiger partial charge in [0.2, 0.25) is 0 Å². The van der Waals surface area contributed by atoms with E-state index in [1.165, 1.54) is 12.1 Å². The number of hydrogen-bond acceptors (Lipinski definition) is 2. The Labute approximate surface area is 102 Å². The zero-order chi connectivity index (χ0) is 13.9. The average Bonchev–Trinajstić information content (AvgIpc) is 2.24. The molecule has 0 aliphatic carbocycles. The van der Waals surface area contributed by atoms with E-state index in [0.29, 0.717) is 5.56 Å². The van der Waals surface area contributed by atoms with E-state index in [1.54, 1.807) is 13.8 Å². The van der Waals surface area contributed by atoms with Gasteiger partial charge in [0.25, 0.3) is 0 Å². The van der Waals surface area contributed by atoms with Gasteiger partial charge in [0.1, 0.15) is 5.69 Å². The largest absolute Gasteiger partial charge is 0.478 e. The number of aliphatic carboxylic acids is 1. The summed E-state index contributed by atoms with van der Waals surface area (Å²) < 4.78 is 37.5. The number of alkyl halides is 3. The van der Waals surface area contributed by atoms with E-state index in [0.717, 1.165) is 12.1 Å². The Balaban J connectivity index is 3.25. The van der Waals surface area contributed by atoms with E-state index in [4.69, 9.17) is 5.11 Å². The molecule has 0 fully saturated rings. The van der Waals surface area contributed by atoms with Crippen LogP contribution < -0.4 is 0 Å². The zero-order valence-electron chi connectivity index (χ0n) is 9.82. The van der Waals surface area contributed by atoms with E-state index in [2.05, 4.69) is 4.98 Å². The lowest BCUT2D eigenvalue weighted by atomic mass is 10.0. The first-order chi connectivity index (χ1) is 8.21. The summed E-state index contributed by atoms with van der Waals surface area (Å²) in [6, 6.07) is 2.07. The van der Waals surface area contributed by atoms with Crippen molar-refractivity contribution in [1.82, 2.24) is 4.98 Å². The third-order valence-electron chi connectivity index (χ3n) is 2.20. The monoisotopic (exact) mass is 259 g/mol. The van der Waals surface area contributed by atoms with Crippen LogP contribution in [-0.4, -0.2) is 16.1 Å². The summed E-state index contributed by atoms with van der Waals surface area (Å²) in [5.74, 6) is -1.40. The van der Waals surface area contributed by atoms with Crippen molar-refractivity contribution in [1.29, 1.82) is 0 Å². The van der Waals surface area contributed by atoms with Crippen LogP contribution in [0.1, 0.15) is 36.7 Å². The van der Waals surface area contributed by atoms with Crippen molar-refractivity contribution in [2.45, 2.75) is 25.9 Å². The van der Waals surface area contributed by atoms with Gasteiger partial charge in [-0.15, -0.1) is 0 Å². The molecule has 0 unspecified atom stereocenters. The molecule has 0 saturated heterocycles. The average molecular weight is 259 g/mol. The summed E-state index contributed by atoms with van der Waals surface area (Å²) in [5.41, 5.74) is -0.374. The molecule has 0 spiro atoms. The lowest BCUT2D eigenvalue weighted by molar-refractivity contribution is -0.141. The minimum atomic E-state index is -4.50. The molecule has 1 rings (SSSR count). The second kappa shape index (κ2) is 5.20. The molecule has 0 aliphatic rings. The van der Waals surface area contributed by atoms with Gasteiger partial charge in [-0.3, -0.25) is 0 Å². The SMILES string of the molecule is CC(C)c1nc(C(F)(F)F)ccc1C=CC(=O)O. The first-order valence-corrected chi connectivity index (χ1v) is 5.21. The maximum Gasteiger partial charge on any atom is 0.433 e. The van der Waals surface area contributed by atoms with Crippen LogP contribution in [0.2, 0.25) is 0 Å². The van der Waals surface area contributed by atoms with Gasteiger partial charge >= 0.3 is 12.1 Å². The fourth-order valence-electron chi connectivity index (χ4n) is 1.41. The number of hydrogen-bond donors (Lipinski definition) is 1. The van der Waals surface area contributed by atoms with Gasteiger partial charge in [-0.1, -0.05) is 19.9 Å². The Morgan fingerprint density at radius 3 is 2.44 bits per heavy atom. The molecular formula is C12H12F3NO2. The molecule has 1 aromatic heterocycles. The Bertz CT molecular complexity index is 479. The van der Waals surface area contributed by atoms with Crippen molar-refractivity contribution in [3.63, 3.8) is 0 Å². The normalized spacial score (nSPS) is 12.3. The Morgan fingerprint density at radius 2 is 2.00 bits per heavy atom. The minimum Gasteiger partial charge on any atom is -0.478 e. The highest BCUT2D eigenvalue weighted by atomic mass is 19.4. The molecular weight excluding hydrogens is 247 g/mol. The summed E-state index contributed by atoms with van der Waals surface area (Å²) >= 11 is 0. The van der Waals surface area contributed by atoms with Crippen LogP contribution in [0.3, 0.4) is 0 Å². The van der Waals surface area contributed by atoms with Gasteiger partial charge in [-0.25, -0.2) is 9.78 Å². The maximum absolute atomic E-state index is 12.5. The van der Waals surface area contributed by atoms with Crippen molar-refractivity contribution in [2.75, 3.05) is 0 Å². The molecule has 1 N–H and O–H groups in total. The van der Waals surface area contributed by atoms with Gasteiger partial charge in [0.15, 0.2) is 0 Å². The second-order valence-electron chi connectivity index (χ2n) is 3.99. The molecule has 0 radical (unpaired) electrons. The highest BCUT2D eigenvalue weighted by Crippen LogP contribution is 2.30. The van der Waals surface area contributed by atoms with Crippen molar-refractivity contribution in [2.24, 2.45) is 0 Å². The standard InChI is InChI=1S/C12H12F3NO2/c1-7(2)11-8(4-6-10(17)18)3-5-9(16-11)12(13,14)15/h3-7H,1-2H3,(H,17,18). The number of halogens is 3. The summed E-state index contributed by atoms with van der Waals surface area (Å²) in [6.45, 7) is 3.39. The highest BCUT2D eigenvalue weighted by Gasteiger charge is 2.33. The summed E-state index contributed by atoms with van der Waals surface area (Å²) in [7, 11) is 0. The highest BCUT2D eigenvalue weighted by molar-refractivity contribution is 5.85. The van der Waals surface area contributed by atoms with Crippen molar-refractivity contribution in [3.8, 4) is 0 Å². The molecule has 3 nitrogen and oxygen atoms in total. The molecule has 0 aliphatic heterocycles. The van der Waals surface area contributed by atoms with Gasteiger partial charge < -0.3 is 5.11 Å². The van der Waals surface area contributed by atoms with Gasteiger partial charge in [0, 0.05) is 6.08 Å². The number of rotatable bonds is 3. The van der Waals surface area contributed by atoms with Crippen LogP contribution in [0.15, 0.2) is 18.2 Å². The predicted molar refractivity (Wildman–Crippen MR) is 60.0 cm³/mol. The lowest BCUT2D eigenvalue weighted by Crippen LogP contribution is -2.11. The Morgan fingerprint density at radius 1 is 1.39 bits per heavy atom. The number of pyridine rings is 1. The molecule has 0 atom stereocenters. The summed E-state index contributed by atoms with van der Waals surface area (Å²) in [6.07, 6.45) is -2.39. The van der Waals surface area contributed by atoms with Gasteiger partial charge in [-0.05, 0) is 23.6 Å². The molecule has 98 valence electrons. The number of carboxylic acid groups (broad SMARTS) is 1. The fraction of sp³-hybridized carbons (Fsp3) is 0.333. The fourth-order valence-corrected chi connectivity index (χ4v) is 1.41. The van der Waals surface area contributed by atoms with E-state index < -0.39 is 17.8 Å². The Hall–Kier alpha value is -1.85. The maximum atomic E-state index is 12.5. The molecule has 0 saturated carbocycles. The molecule has 1 aromatic rings.